The second-order valence-corrected chi connectivity index (χ2v) is 11.9. The summed E-state index contributed by atoms with van der Waals surface area (Å²) in [6.45, 7) is 4.29. The molecule has 4 heterocycles. The lowest BCUT2D eigenvalue weighted by Crippen LogP contribution is -2.75. The third kappa shape index (κ3) is 3.69. The number of aromatic amines is 1. The molecule has 7 nitrogen and oxygen atoms in total. The molecule has 36 heavy (non-hydrogen) atoms. The quantitative estimate of drug-likeness (QED) is 0.641. The number of carbonyl (C=O) groups excluding carboxylic acids is 1. The van der Waals surface area contributed by atoms with Crippen molar-refractivity contribution in [3.8, 4) is 0 Å². The number of likely N-dealkylation sites (tertiary alicyclic amines) is 3. The van der Waals surface area contributed by atoms with Crippen LogP contribution in [-0.4, -0.2) is 75.2 Å². The summed E-state index contributed by atoms with van der Waals surface area (Å²) in [6.07, 6.45) is -0.105. The Bertz CT molecular complexity index is 1200. The van der Waals surface area contributed by atoms with Crippen LogP contribution in [0, 0.1) is 16.6 Å². The summed E-state index contributed by atoms with van der Waals surface area (Å²) < 4.78 is 53.2. The van der Waals surface area contributed by atoms with Crippen LogP contribution in [0.2, 0.25) is 0 Å². The molecule has 7 rings (SSSR count). The van der Waals surface area contributed by atoms with Crippen LogP contribution in [0.4, 0.5) is 22.4 Å². The van der Waals surface area contributed by atoms with Crippen molar-refractivity contribution in [1.29, 1.82) is 0 Å². The molecule has 2 amide bonds. The van der Waals surface area contributed by atoms with Gasteiger partial charge in [-0.25, -0.2) is 9.18 Å². The number of hydrogen-bond acceptors (Lipinski definition) is 4. The van der Waals surface area contributed by atoms with E-state index < -0.39 is 17.6 Å². The minimum Gasteiger partial charge on any atom is -0.328 e. The lowest BCUT2D eigenvalue weighted by atomic mass is 9.57. The van der Waals surface area contributed by atoms with E-state index in [0.29, 0.717) is 44.1 Å². The number of hydrogen-bond donors (Lipinski definition) is 1. The first-order valence-electron chi connectivity index (χ1n) is 12.6. The minimum absolute atomic E-state index is 0.0241. The van der Waals surface area contributed by atoms with E-state index in [0.717, 1.165) is 43.6 Å². The predicted molar refractivity (Wildman–Crippen MR) is 120 cm³/mol. The number of aromatic nitrogens is 3. The molecule has 3 saturated heterocycles. The summed E-state index contributed by atoms with van der Waals surface area (Å²) in [6, 6.07) is 2.93. The zero-order chi connectivity index (χ0) is 24.9. The van der Waals surface area contributed by atoms with Crippen molar-refractivity contribution < 1.29 is 22.4 Å². The third-order valence-electron chi connectivity index (χ3n) is 8.77. The number of benzene rings is 1. The molecule has 0 bridgehead atoms. The van der Waals surface area contributed by atoms with Gasteiger partial charge in [0.05, 0.1) is 5.56 Å². The molecule has 5 fully saturated rings. The van der Waals surface area contributed by atoms with Gasteiger partial charge in [0.25, 0.3) is 0 Å². The van der Waals surface area contributed by atoms with Gasteiger partial charge < -0.3 is 14.8 Å². The Balaban J connectivity index is 0.867. The average molecular weight is 505 g/mol. The highest BCUT2D eigenvalue weighted by Crippen LogP contribution is 2.56. The molecule has 2 aliphatic carbocycles. The maximum Gasteiger partial charge on any atom is 0.416 e. The van der Waals surface area contributed by atoms with Crippen LogP contribution >= 0.6 is 0 Å². The van der Waals surface area contributed by atoms with Gasteiger partial charge >= 0.3 is 12.2 Å². The van der Waals surface area contributed by atoms with E-state index in [1.807, 2.05) is 14.7 Å². The fraction of sp³-hybridized carbons (Fsp3) is 0.640. The standard InChI is InChI=1S/C25H28F4N6O/c26-18-4-3-16(19(5-18)25(27,28)29)8-33-9-24(10-33)13-35(14-24)22(36)34-11-23(12-34)6-17(7-23)21-30-20(31-32-21)15-1-2-15/h3-5,15,17H,1-2,6-14H2,(H,30,31,32). The SMILES string of the molecule is O=C(N1CC2(CC(c3nnc(C4CC4)[nH]3)C2)C1)N1CC2(CN(Cc3ccc(F)cc3C(F)(F)F)C2)C1. The summed E-state index contributed by atoms with van der Waals surface area (Å²) >= 11 is 0. The van der Waals surface area contributed by atoms with Crippen molar-refractivity contribution in [3.05, 3.63) is 46.8 Å². The molecule has 1 N–H and O–H groups in total. The van der Waals surface area contributed by atoms with E-state index in [9.17, 15) is 22.4 Å². The Morgan fingerprint density at radius 1 is 0.944 bits per heavy atom. The Hall–Kier alpha value is -2.69. The maximum atomic E-state index is 13.4. The van der Waals surface area contributed by atoms with Crippen molar-refractivity contribution in [2.75, 3.05) is 39.3 Å². The summed E-state index contributed by atoms with van der Waals surface area (Å²) in [4.78, 5) is 22.0. The number of carbonyl (C=O) groups is 1. The van der Waals surface area contributed by atoms with Crippen LogP contribution in [0.5, 0.6) is 0 Å². The first-order chi connectivity index (χ1) is 17.1. The van der Waals surface area contributed by atoms with Gasteiger partial charge in [-0.15, -0.1) is 10.2 Å². The normalized spacial score (nSPS) is 24.9. The van der Waals surface area contributed by atoms with E-state index in [2.05, 4.69) is 15.2 Å². The van der Waals surface area contributed by atoms with E-state index in [-0.39, 0.29) is 29.0 Å². The van der Waals surface area contributed by atoms with E-state index in [1.54, 1.807) is 0 Å². The summed E-state index contributed by atoms with van der Waals surface area (Å²) in [5.74, 6) is 2.12. The van der Waals surface area contributed by atoms with Crippen LogP contribution < -0.4 is 0 Å². The van der Waals surface area contributed by atoms with Gasteiger partial charge in [-0.05, 0) is 43.4 Å². The molecule has 192 valence electrons. The molecule has 1 aromatic carbocycles. The summed E-state index contributed by atoms with van der Waals surface area (Å²) in [5, 5.41) is 8.63. The molecular weight excluding hydrogens is 476 g/mol. The van der Waals surface area contributed by atoms with Gasteiger partial charge in [0.2, 0.25) is 0 Å². The van der Waals surface area contributed by atoms with Crippen LogP contribution in [0.3, 0.4) is 0 Å². The van der Waals surface area contributed by atoms with E-state index in [1.165, 1.54) is 18.9 Å². The monoisotopic (exact) mass is 504 g/mol. The number of alkyl halides is 3. The second kappa shape index (κ2) is 7.43. The lowest BCUT2D eigenvalue weighted by molar-refractivity contribution is -0.140. The molecule has 0 atom stereocenters. The first kappa shape index (κ1) is 22.5. The van der Waals surface area contributed by atoms with Gasteiger partial charge in [-0.1, -0.05) is 6.07 Å². The van der Waals surface area contributed by atoms with Gasteiger partial charge in [0.15, 0.2) is 0 Å². The van der Waals surface area contributed by atoms with E-state index in [4.69, 9.17) is 0 Å². The Labute approximate surface area is 205 Å². The zero-order valence-corrected chi connectivity index (χ0v) is 19.8. The third-order valence-corrected chi connectivity index (χ3v) is 8.77. The highest BCUT2D eigenvalue weighted by Gasteiger charge is 2.58. The average Bonchev–Trinajstić information content (AvgIpc) is 3.44. The summed E-state index contributed by atoms with van der Waals surface area (Å²) in [5.41, 5.74) is -0.632. The number of nitrogens with one attached hydrogen (secondary N) is 1. The van der Waals surface area contributed by atoms with E-state index >= 15 is 0 Å². The van der Waals surface area contributed by atoms with Gasteiger partial charge in [0.1, 0.15) is 17.5 Å². The molecular formula is C25H28F4N6O. The molecule has 5 aliphatic rings. The van der Waals surface area contributed by atoms with Crippen molar-refractivity contribution in [3.63, 3.8) is 0 Å². The minimum atomic E-state index is -4.58. The van der Waals surface area contributed by atoms with Crippen molar-refractivity contribution in [2.45, 2.75) is 50.2 Å². The van der Waals surface area contributed by atoms with Crippen LogP contribution in [0.25, 0.3) is 0 Å². The van der Waals surface area contributed by atoms with Crippen molar-refractivity contribution in [1.82, 2.24) is 29.9 Å². The largest absolute Gasteiger partial charge is 0.416 e. The Kier molecular flexibility index (Phi) is 4.64. The number of rotatable bonds is 4. The highest BCUT2D eigenvalue weighted by atomic mass is 19.4. The molecule has 0 unspecified atom stereocenters. The molecule has 2 spiro atoms. The van der Waals surface area contributed by atoms with Gasteiger partial charge in [0, 0.05) is 68.5 Å². The fourth-order valence-corrected chi connectivity index (χ4v) is 6.85. The second-order valence-electron chi connectivity index (χ2n) is 11.9. The number of H-pyrrole nitrogens is 1. The highest BCUT2D eigenvalue weighted by molar-refractivity contribution is 5.77. The van der Waals surface area contributed by atoms with Crippen LogP contribution in [-0.2, 0) is 12.7 Å². The van der Waals surface area contributed by atoms with Gasteiger partial charge in [-0.3, -0.25) is 4.90 Å². The summed E-state index contributed by atoms with van der Waals surface area (Å²) in [7, 11) is 0. The molecule has 0 radical (unpaired) electrons. The van der Waals surface area contributed by atoms with Crippen molar-refractivity contribution >= 4 is 6.03 Å². The van der Waals surface area contributed by atoms with Crippen LogP contribution in [0.15, 0.2) is 18.2 Å². The van der Waals surface area contributed by atoms with Crippen molar-refractivity contribution in [2.24, 2.45) is 10.8 Å². The molecule has 2 aromatic rings. The molecule has 2 saturated carbocycles. The maximum absolute atomic E-state index is 13.4. The number of amides is 2. The fourth-order valence-electron chi connectivity index (χ4n) is 6.85. The number of halogens is 4. The topological polar surface area (TPSA) is 68.4 Å². The Morgan fingerprint density at radius 3 is 2.17 bits per heavy atom. The van der Waals surface area contributed by atoms with Gasteiger partial charge in [-0.2, -0.15) is 13.2 Å². The zero-order valence-electron chi connectivity index (χ0n) is 19.8. The first-order valence-corrected chi connectivity index (χ1v) is 12.6. The molecule has 11 heteroatoms. The number of nitrogens with zero attached hydrogens (tertiary/aromatic N) is 5. The number of urea groups is 1. The molecule has 1 aromatic heterocycles. The lowest BCUT2D eigenvalue weighted by Gasteiger charge is -2.63. The smallest absolute Gasteiger partial charge is 0.328 e. The molecule has 3 aliphatic heterocycles. The van der Waals surface area contributed by atoms with Crippen LogP contribution in [0.1, 0.15) is 60.3 Å². The Morgan fingerprint density at radius 2 is 1.56 bits per heavy atom. The predicted octanol–water partition coefficient (Wildman–Crippen LogP) is 3.96.